The van der Waals surface area contributed by atoms with Gasteiger partial charge >= 0.3 is 0 Å². The van der Waals surface area contributed by atoms with E-state index in [2.05, 4.69) is 11.2 Å². The van der Waals surface area contributed by atoms with Crippen LogP contribution >= 0.6 is 0 Å². The summed E-state index contributed by atoms with van der Waals surface area (Å²) in [6.07, 6.45) is 5.10. The summed E-state index contributed by atoms with van der Waals surface area (Å²) in [5, 5.41) is 11.6. The van der Waals surface area contributed by atoms with E-state index in [0.29, 0.717) is 6.54 Å². The number of nitrogens with one attached hydrogen (secondary N) is 1. The number of aliphatic hydroxyl groups excluding tert-OH is 1. The number of benzene rings is 1. The van der Waals surface area contributed by atoms with Crippen LogP contribution in [0.3, 0.4) is 0 Å². The van der Waals surface area contributed by atoms with Gasteiger partial charge in [-0.05, 0) is 11.1 Å². The maximum Gasteiger partial charge on any atom is 0.232 e. The summed E-state index contributed by atoms with van der Waals surface area (Å²) in [7, 11) is 0. The van der Waals surface area contributed by atoms with Gasteiger partial charge in [0.2, 0.25) is 5.91 Å². The highest BCUT2D eigenvalue weighted by Gasteiger charge is 1.99. The molecule has 1 aromatic carbocycles. The molecule has 0 bridgehead atoms. The van der Waals surface area contributed by atoms with Gasteiger partial charge < -0.3 is 10.4 Å². The van der Waals surface area contributed by atoms with Crippen LogP contribution in [0.2, 0.25) is 0 Å². The minimum Gasteiger partial charge on any atom is -0.392 e. The van der Waals surface area contributed by atoms with Gasteiger partial charge in [-0.1, -0.05) is 30.2 Å². The fourth-order valence-corrected chi connectivity index (χ4v) is 1.19. The number of carbonyl (C=O) groups excluding carboxylic acids is 1. The van der Waals surface area contributed by atoms with Crippen molar-refractivity contribution in [3.05, 3.63) is 35.4 Å². The van der Waals surface area contributed by atoms with Gasteiger partial charge in [0.05, 0.1) is 13.0 Å². The fourth-order valence-electron chi connectivity index (χ4n) is 1.19. The molecule has 3 heteroatoms. The molecule has 0 aromatic heterocycles. The zero-order valence-electron chi connectivity index (χ0n) is 8.36. The Morgan fingerprint density at radius 1 is 1.47 bits per heavy atom. The second-order valence-electron chi connectivity index (χ2n) is 3.14. The van der Waals surface area contributed by atoms with E-state index in [1.807, 2.05) is 24.3 Å². The molecule has 0 heterocycles. The highest BCUT2D eigenvalue weighted by molar-refractivity contribution is 5.78. The summed E-state index contributed by atoms with van der Waals surface area (Å²) >= 11 is 0. The summed E-state index contributed by atoms with van der Waals surface area (Å²) in [4.78, 5) is 11.1. The minimum absolute atomic E-state index is 0.00609. The van der Waals surface area contributed by atoms with Crippen molar-refractivity contribution < 1.29 is 9.90 Å². The maximum absolute atomic E-state index is 11.1. The van der Waals surface area contributed by atoms with Crippen LogP contribution in [-0.4, -0.2) is 11.0 Å². The predicted molar refractivity (Wildman–Crippen MR) is 57.7 cm³/mol. The van der Waals surface area contributed by atoms with Gasteiger partial charge in [-0.3, -0.25) is 4.79 Å². The van der Waals surface area contributed by atoms with Crippen LogP contribution in [0.4, 0.5) is 0 Å². The Kier molecular flexibility index (Phi) is 4.39. The SMILES string of the molecule is C#CCC(=O)NCc1cccc(CO)c1. The number of amides is 1. The molecule has 0 atom stereocenters. The van der Waals surface area contributed by atoms with Crippen LogP contribution in [-0.2, 0) is 17.9 Å². The summed E-state index contributed by atoms with van der Waals surface area (Å²) < 4.78 is 0. The molecular weight excluding hydrogens is 190 g/mol. The van der Waals surface area contributed by atoms with Crippen LogP contribution in [0.25, 0.3) is 0 Å². The van der Waals surface area contributed by atoms with Gasteiger partial charge in [0.1, 0.15) is 0 Å². The smallest absolute Gasteiger partial charge is 0.232 e. The lowest BCUT2D eigenvalue weighted by molar-refractivity contribution is -0.120. The molecule has 0 unspecified atom stereocenters. The molecule has 3 nitrogen and oxygen atoms in total. The Labute approximate surface area is 89.1 Å². The van der Waals surface area contributed by atoms with E-state index in [0.717, 1.165) is 11.1 Å². The molecule has 0 radical (unpaired) electrons. The third-order valence-electron chi connectivity index (χ3n) is 1.93. The molecule has 0 aliphatic carbocycles. The van der Waals surface area contributed by atoms with Gasteiger partial charge in [-0.25, -0.2) is 0 Å². The lowest BCUT2D eigenvalue weighted by Gasteiger charge is -2.04. The molecule has 0 aliphatic rings. The first-order chi connectivity index (χ1) is 7.26. The maximum atomic E-state index is 11.1. The third-order valence-corrected chi connectivity index (χ3v) is 1.93. The predicted octanol–water partition coefficient (Wildman–Crippen LogP) is 0.818. The Bertz CT molecular complexity index is 379. The zero-order chi connectivity index (χ0) is 11.1. The van der Waals surface area contributed by atoms with E-state index >= 15 is 0 Å². The first-order valence-corrected chi connectivity index (χ1v) is 4.65. The van der Waals surface area contributed by atoms with Crippen LogP contribution in [0.15, 0.2) is 24.3 Å². The minimum atomic E-state index is -0.160. The number of hydrogen-bond acceptors (Lipinski definition) is 2. The molecule has 0 aliphatic heterocycles. The second-order valence-corrected chi connectivity index (χ2v) is 3.14. The largest absolute Gasteiger partial charge is 0.392 e. The normalized spacial score (nSPS) is 9.33. The summed E-state index contributed by atoms with van der Waals surface area (Å²) in [6, 6.07) is 7.40. The van der Waals surface area contributed by atoms with Crippen LogP contribution in [0, 0.1) is 12.3 Å². The molecule has 0 fully saturated rings. The monoisotopic (exact) mass is 203 g/mol. The average Bonchev–Trinajstić information content (AvgIpc) is 2.27. The van der Waals surface area contributed by atoms with Gasteiger partial charge in [0.15, 0.2) is 0 Å². The number of aliphatic hydroxyl groups is 1. The topological polar surface area (TPSA) is 49.3 Å². The lowest BCUT2D eigenvalue weighted by atomic mass is 10.1. The Balaban J connectivity index is 2.51. The van der Waals surface area contributed by atoms with Crippen molar-refractivity contribution in [1.82, 2.24) is 5.32 Å². The van der Waals surface area contributed by atoms with Gasteiger partial charge in [-0.2, -0.15) is 0 Å². The molecule has 1 amide bonds. The molecule has 0 spiro atoms. The van der Waals surface area contributed by atoms with E-state index < -0.39 is 0 Å². The quantitative estimate of drug-likeness (QED) is 0.712. The third kappa shape index (κ3) is 3.84. The number of rotatable bonds is 4. The second kappa shape index (κ2) is 5.84. The summed E-state index contributed by atoms with van der Waals surface area (Å²) in [5.41, 5.74) is 1.78. The Morgan fingerprint density at radius 3 is 2.87 bits per heavy atom. The molecule has 15 heavy (non-hydrogen) atoms. The summed E-state index contributed by atoms with van der Waals surface area (Å²) in [5.74, 6) is 2.11. The fraction of sp³-hybridized carbons (Fsp3) is 0.250. The van der Waals surface area contributed by atoms with Crippen molar-refractivity contribution in [3.63, 3.8) is 0 Å². The van der Waals surface area contributed by atoms with Gasteiger partial charge in [0.25, 0.3) is 0 Å². The average molecular weight is 203 g/mol. The van der Waals surface area contributed by atoms with Gasteiger partial charge in [-0.15, -0.1) is 6.42 Å². The highest BCUT2D eigenvalue weighted by atomic mass is 16.3. The van der Waals surface area contributed by atoms with Crippen molar-refractivity contribution in [2.75, 3.05) is 0 Å². The van der Waals surface area contributed by atoms with E-state index in [1.165, 1.54) is 0 Å². The Morgan fingerprint density at radius 2 is 2.20 bits per heavy atom. The van der Waals surface area contributed by atoms with E-state index in [9.17, 15) is 4.79 Å². The standard InChI is InChI=1S/C12H13NO2/c1-2-4-12(15)13-8-10-5-3-6-11(7-10)9-14/h1,3,5-7,14H,4,8-9H2,(H,13,15). The van der Waals surface area contributed by atoms with Crippen LogP contribution in [0.1, 0.15) is 17.5 Å². The van der Waals surface area contributed by atoms with Crippen molar-refractivity contribution in [3.8, 4) is 12.3 Å². The first kappa shape index (κ1) is 11.3. The molecule has 0 saturated heterocycles. The van der Waals surface area contributed by atoms with E-state index in [-0.39, 0.29) is 18.9 Å². The highest BCUT2D eigenvalue weighted by Crippen LogP contribution is 2.04. The Hall–Kier alpha value is -1.79. The first-order valence-electron chi connectivity index (χ1n) is 4.65. The van der Waals surface area contributed by atoms with Gasteiger partial charge in [0, 0.05) is 6.54 Å². The van der Waals surface area contributed by atoms with Crippen LogP contribution < -0.4 is 5.32 Å². The number of carbonyl (C=O) groups is 1. The number of hydrogen-bond donors (Lipinski definition) is 2. The molecule has 78 valence electrons. The van der Waals surface area contributed by atoms with Crippen molar-refractivity contribution in [1.29, 1.82) is 0 Å². The molecule has 1 rings (SSSR count). The van der Waals surface area contributed by atoms with Crippen LogP contribution in [0.5, 0.6) is 0 Å². The zero-order valence-corrected chi connectivity index (χ0v) is 8.36. The summed E-state index contributed by atoms with van der Waals surface area (Å²) in [6.45, 7) is 0.445. The van der Waals surface area contributed by atoms with E-state index in [1.54, 1.807) is 0 Å². The molecule has 0 saturated carbocycles. The van der Waals surface area contributed by atoms with Crippen molar-refractivity contribution in [2.24, 2.45) is 0 Å². The lowest BCUT2D eigenvalue weighted by Crippen LogP contribution is -2.21. The van der Waals surface area contributed by atoms with Crippen molar-refractivity contribution >= 4 is 5.91 Å². The van der Waals surface area contributed by atoms with Crippen molar-refractivity contribution in [2.45, 2.75) is 19.6 Å². The molecule has 1 aromatic rings. The number of terminal acetylenes is 1. The molecular formula is C12H13NO2. The molecule has 2 N–H and O–H groups in total. The van der Waals surface area contributed by atoms with E-state index in [4.69, 9.17) is 11.5 Å².